The average Bonchev–Trinajstić information content (AvgIpc) is 2.26. The molecule has 0 bridgehead atoms. The molecule has 116 valence electrons. The highest BCUT2D eigenvalue weighted by atomic mass is 31.0. The Morgan fingerprint density at radius 1 is 1.20 bits per heavy atom. The second kappa shape index (κ2) is 8.10. The lowest BCUT2D eigenvalue weighted by Gasteiger charge is -2.28. The van der Waals surface area contributed by atoms with Crippen LogP contribution in [0.2, 0.25) is 0 Å². The van der Waals surface area contributed by atoms with Crippen molar-refractivity contribution in [1.82, 2.24) is 0 Å². The third-order valence-electron chi connectivity index (χ3n) is 3.28. The van der Waals surface area contributed by atoms with E-state index in [1.54, 1.807) is 6.08 Å². The van der Waals surface area contributed by atoms with Crippen LogP contribution in [0.3, 0.4) is 0 Å². The van der Waals surface area contributed by atoms with E-state index in [0.717, 1.165) is 18.3 Å². The molecule has 3 heteroatoms. The molecule has 0 rings (SSSR count). The number of hydrogen-bond donors (Lipinski definition) is 0. The van der Waals surface area contributed by atoms with Gasteiger partial charge in [0.05, 0.1) is 6.10 Å². The number of rotatable bonds is 6. The van der Waals surface area contributed by atoms with Gasteiger partial charge in [0, 0.05) is 9.47 Å². The fourth-order valence-electron chi connectivity index (χ4n) is 1.92. The van der Waals surface area contributed by atoms with Crippen molar-refractivity contribution in [1.29, 1.82) is 0 Å². The average molecular weight is 298 g/mol. The predicted molar refractivity (Wildman–Crippen MR) is 90.6 cm³/mol. The Kier molecular flexibility index (Phi) is 7.91. The molecule has 0 spiro atoms. The highest BCUT2D eigenvalue weighted by Gasteiger charge is 2.23. The minimum Gasteiger partial charge on any atom is -0.358 e. The van der Waals surface area contributed by atoms with Crippen LogP contribution >= 0.6 is 9.47 Å². The van der Waals surface area contributed by atoms with Crippen molar-refractivity contribution in [3.05, 3.63) is 23.8 Å². The van der Waals surface area contributed by atoms with Crippen molar-refractivity contribution in [3.63, 3.8) is 0 Å². The van der Waals surface area contributed by atoms with Gasteiger partial charge in [-0.3, -0.25) is 4.79 Å². The maximum atomic E-state index is 10.8. The van der Waals surface area contributed by atoms with E-state index in [0.29, 0.717) is 5.92 Å². The summed E-state index contributed by atoms with van der Waals surface area (Å²) in [4.78, 5) is 10.8. The summed E-state index contributed by atoms with van der Waals surface area (Å²) in [5.41, 5.74) is 1.32. The lowest BCUT2D eigenvalue weighted by Crippen LogP contribution is -2.21. The van der Waals surface area contributed by atoms with Gasteiger partial charge in [-0.15, -0.1) is 0 Å². The van der Waals surface area contributed by atoms with Crippen LogP contribution in [0.1, 0.15) is 54.9 Å². The van der Waals surface area contributed by atoms with E-state index in [9.17, 15) is 4.79 Å². The highest BCUT2D eigenvalue weighted by Crippen LogP contribution is 2.32. The zero-order chi connectivity index (χ0) is 16.0. The first kappa shape index (κ1) is 19.5. The Bertz CT molecular complexity index is 356. The van der Waals surface area contributed by atoms with Crippen molar-refractivity contribution in [2.75, 3.05) is 0 Å². The summed E-state index contributed by atoms with van der Waals surface area (Å²) in [5.74, 6) is 0.316. The first-order valence-corrected chi connectivity index (χ1v) is 7.68. The van der Waals surface area contributed by atoms with E-state index in [1.165, 1.54) is 0 Å². The zero-order valence-electron chi connectivity index (χ0n) is 14.1. The third-order valence-corrected chi connectivity index (χ3v) is 3.59. The molecule has 1 unspecified atom stereocenters. The normalized spacial score (nSPS) is 17.3. The molecule has 0 heterocycles. The van der Waals surface area contributed by atoms with E-state index >= 15 is 0 Å². The second-order valence-corrected chi connectivity index (χ2v) is 7.86. The molecule has 20 heavy (non-hydrogen) atoms. The fraction of sp³-hybridized carbons (Fsp3) is 0.706. The molecule has 3 atom stereocenters. The zero-order valence-corrected chi connectivity index (χ0v) is 15.2. The van der Waals surface area contributed by atoms with Crippen LogP contribution in [0, 0.1) is 16.7 Å². The SMILES string of the molecule is C[C@H](C/C(=C\C=O)C(C)(C)C)[C@H](/C=C/C(C)(C)C)OP. The molecule has 0 radical (unpaired) electrons. The third kappa shape index (κ3) is 7.97. The molecule has 0 N–H and O–H groups in total. The van der Waals surface area contributed by atoms with Crippen molar-refractivity contribution >= 4 is 15.8 Å². The summed E-state index contributed by atoms with van der Waals surface area (Å²) in [6, 6.07) is 0. The molecular formula is C17H31O2P. The second-order valence-electron chi connectivity index (χ2n) is 7.59. The minimum atomic E-state index is 0.00828. The van der Waals surface area contributed by atoms with Crippen molar-refractivity contribution in [3.8, 4) is 0 Å². The molecule has 0 aromatic rings. The van der Waals surface area contributed by atoms with Crippen molar-refractivity contribution in [2.45, 2.75) is 61.0 Å². The standard InChI is InChI=1S/C17H31O2P/c1-13(12-14(9-11-18)17(5,6)7)15(19-20)8-10-16(2,3)4/h8-11,13,15H,12,20H2,1-7H3/b10-8+,14-9+/t13-,15+/m1/s1. The lowest BCUT2D eigenvalue weighted by molar-refractivity contribution is -0.104. The van der Waals surface area contributed by atoms with Gasteiger partial charge in [0.1, 0.15) is 6.29 Å². The summed E-state index contributed by atoms with van der Waals surface area (Å²) in [5, 5.41) is 0. The van der Waals surface area contributed by atoms with Gasteiger partial charge in [-0.2, -0.15) is 0 Å². The van der Waals surface area contributed by atoms with Gasteiger partial charge in [0.15, 0.2) is 0 Å². The molecule has 0 aromatic heterocycles. The molecule has 0 aliphatic heterocycles. The summed E-state index contributed by atoms with van der Waals surface area (Å²) in [6.45, 7) is 15.1. The Labute approximate surface area is 127 Å². The quantitative estimate of drug-likeness (QED) is 0.300. The maximum absolute atomic E-state index is 10.8. The van der Waals surface area contributed by atoms with Crippen LogP contribution in [0.25, 0.3) is 0 Å². The van der Waals surface area contributed by atoms with E-state index in [4.69, 9.17) is 4.52 Å². The summed E-state index contributed by atoms with van der Waals surface area (Å²) < 4.78 is 5.51. The van der Waals surface area contributed by atoms with E-state index in [-0.39, 0.29) is 16.9 Å². The maximum Gasteiger partial charge on any atom is 0.142 e. The number of allylic oxidation sites excluding steroid dienone is 3. The number of carbonyl (C=O) groups excluding carboxylic acids is 1. The lowest BCUT2D eigenvalue weighted by atomic mass is 9.80. The first-order valence-electron chi connectivity index (χ1n) is 7.21. The molecular weight excluding hydrogens is 267 g/mol. The largest absolute Gasteiger partial charge is 0.358 e. The molecule has 0 aromatic carbocycles. The summed E-state index contributed by atoms with van der Waals surface area (Å²) in [7, 11) is 2.36. The van der Waals surface area contributed by atoms with Gasteiger partial charge in [-0.25, -0.2) is 0 Å². The van der Waals surface area contributed by atoms with Crippen LogP contribution in [-0.2, 0) is 9.32 Å². The van der Waals surface area contributed by atoms with Gasteiger partial charge >= 0.3 is 0 Å². The molecule has 0 saturated carbocycles. The summed E-state index contributed by atoms with van der Waals surface area (Å²) in [6.07, 6.45) is 7.78. The van der Waals surface area contributed by atoms with Crippen LogP contribution in [0.4, 0.5) is 0 Å². The highest BCUT2D eigenvalue weighted by molar-refractivity contribution is 7.09. The molecule has 0 amide bonds. The smallest absolute Gasteiger partial charge is 0.142 e. The van der Waals surface area contributed by atoms with Crippen LogP contribution in [0.15, 0.2) is 23.8 Å². The fourth-order valence-corrected chi connectivity index (χ4v) is 2.28. The monoisotopic (exact) mass is 298 g/mol. The molecule has 2 nitrogen and oxygen atoms in total. The van der Waals surface area contributed by atoms with Gasteiger partial charge < -0.3 is 4.52 Å². The van der Waals surface area contributed by atoms with E-state index in [2.05, 4.69) is 70.1 Å². The molecule has 0 aliphatic rings. The van der Waals surface area contributed by atoms with Gasteiger partial charge in [-0.1, -0.05) is 66.2 Å². The van der Waals surface area contributed by atoms with Crippen molar-refractivity contribution < 1.29 is 9.32 Å². The Hall–Kier alpha value is -0.460. The Morgan fingerprint density at radius 3 is 2.10 bits per heavy atom. The van der Waals surface area contributed by atoms with Gasteiger partial charge in [0.2, 0.25) is 0 Å². The number of carbonyl (C=O) groups is 1. The van der Waals surface area contributed by atoms with Gasteiger partial charge in [-0.05, 0) is 29.2 Å². The van der Waals surface area contributed by atoms with E-state index < -0.39 is 0 Å². The van der Waals surface area contributed by atoms with Crippen LogP contribution < -0.4 is 0 Å². The Balaban J connectivity index is 4.94. The summed E-state index contributed by atoms with van der Waals surface area (Å²) >= 11 is 0. The van der Waals surface area contributed by atoms with Crippen LogP contribution in [0.5, 0.6) is 0 Å². The van der Waals surface area contributed by atoms with Crippen LogP contribution in [-0.4, -0.2) is 12.4 Å². The predicted octanol–water partition coefficient (Wildman–Crippen LogP) is 4.96. The van der Waals surface area contributed by atoms with E-state index in [1.807, 2.05) is 0 Å². The number of aldehydes is 1. The molecule has 0 aliphatic carbocycles. The number of hydrogen-bond acceptors (Lipinski definition) is 2. The van der Waals surface area contributed by atoms with Gasteiger partial charge in [0.25, 0.3) is 0 Å². The minimum absolute atomic E-state index is 0.00828. The molecule has 0 saturated heterocycles. The topological polar surface area (TPSA) is 26.3 Å². The molecule has 0 fully saturated rings. The first-order chi connectivity index (χ1) is 9.01. The van der Waals surface area contributed by atoms with Crippen molar-refractivity contribution in [2.24, 2.45) is 16.7 Å². The Morgan fingerprint density at radius 2 is 1.75 bits per heavy atom.